The summed E-state index contributed by atoms with van der Waals surface area (Å²) in [5.41, 5.74) is 0.262. The van der Waals surface area contributed by atoms with Crippen LogP contribution in [0.3, 0.4) is 0 Å². The van der Waals surface area contributed by atoms with Crippen molar-refractivity contribution in [2.24, 2.45) is 0 Å². The Bertz CT molecular complexity index is 183. The van der Waals surface area contributed by atoms with Crippen molar-refractivity contribution in [3.8, 4) is 0 Å². The first-order valence-corrected chi connectivity index (χ1v) is 8.25. The summed E-state index contributed by atoms with van der Waals surface area (Å²) in [4.78, 5) is 11.2. The van der Waals surface area contributed by atoms with Crippen LogP contribution >= 0.6 is 0 Å². The molecule has 1 fully saturated rings. The van der Waals surface area contributed by atoms with Gasteiger partial charge in [-0.05, 0) is 6.42 Å². The van der Waals surface area contributed by atoms with Crippen molar-refractivity contribution in [2.45, 2.75) is 51.1 Å². The fraction of sp³-hybridized carbons (Fsp3) is 0.889. The summed E-state index contributed by atoms with van der Waals surface area (Å²) >= 11 is 0. The molecule has 70 valence electrons. The van der Waals surface area contributed by atoms with Crippen LogP contribution in [0.2, 0.25) is 25.2 Å². The molecule has 1 rings (SSSR count). The lowest BCUT2D eigenvalue weighted by molar-refractivity contribution is -0.170. The van der Waals surface area contributed by atoms with Crippen molar-refractivity contribution in [1.29, 1.82) is 0 Å². The second-order valence-corrected chi connectivity index (χ2v) is 9.96. The molecule has 0 saturated carbocycles. The molecule has 0 amide bonds. The van der Waals surface area contributed by atoms with Crippen LogP contribution in [0.4, 0.5) is 0 Å². The maximum Gasteiger partial charge on any atom is 0.310 e. The molecule has 2 nitrogen and oxygen atoms in total. The first kappa shape index (κ1) is 9.77. The summed E-state index contributed by atoms with van der Waals surface area (Å²) in [5.74, 6) is 0.0487. The number of carbonyl (C=O) groups is 1. The molecule has 0 aromatic heterocycles. The van der Waals surface area contributed by atoms with Crippen LogP contribution < -0.4 is 0 Å². The van der Waals surface area contributed by atoms with Crippen LogP contribution in [0.1, 0.15) is 19.8 Å². The van der Waals surface area contributed by atoms with Gasteiger partial charge in [-0.15, -0.1) is 0 Å². The van der Waals surface area contributed by atoms with E-state index in [2.05, 4.69) is 26.6 Å². The zero-order valence-electron chi connectivity index (χ0n) is 8.39. The lowest BCUT2D eigenvalue weighted by Gasteiger charge is -2.41. The highest BCUT2D eigenvalue weighted by Crippen LogP contribution is 2.39. The molecule has 1 aliphatic rings. The van der Waals surface area contributed by atoms with Gasteiger partial charge in [-0.3, -0.25) is 4.79 Å². The third-order valence-corrected chi connectivity index (χ3v) is 4.87. The Morgan fingerprint density at radius 1 is 1.42 bits per heavy atom. The Hall–Kier alpha value is -0.313. The fourth-order valence-electron chi connectivity index (χ4n) is 1.79. The standard InChI is InChI=1S/C9H18O2Si/c1-5-6-7-8(9(10)11-7)12(2,3)4/h7-8H,5-6H2,1-4H3. The summed E-state index contributed by atoms with van der Waals surface area (Å²) < 4.78 is 5.11. The molecule has 0 radical (unpaired) electrons. The van der Waals surface area contributed by atoms with Crippen molar-refractivity contribution in [1.82, 2.24) is 0 Å². The monoisotopic (exact) mass is 186 g/mol. The van der Waals surface area contributed by atoms with E-state index in [1.165, 1.54) is 0 Å². The Balaban J connectivity index is 2.56. The van der Waals surface area contributed by atoms with E-state index >= 15 is 0 Å². The van der Waals surface area contributed by atoms with E-state index < -0.39 is 8.07 Å². The minimum Gasteiger partial charge on any atom is -0.462 e. The molecule has 0 aliphatic carbocycles. The summed E-state index contributed by atoms with van der Waals surface area (Å²) in [6, 6.07) is 0. The van der Waals surface area contributed by atoms with E-state index in [0.717, 1.165) is 12.8 Å². The summed E-state index contributed by atoms with van der Waals surface area (Å²) in [5, 5.41) is 0. The fourth-order valence-corrected chi connectivity index (χ4v) is 3.92. The van der Waals surface area contributed by atoms with Gasteiger partial charge in [0.05, 0.1) is 13.6 Å². The van der Waals surface area contributed by atoms with E-state index in [-0.39, 0.29) is 17.6 Å². The molecule has 0 aromatic rings. The SMILES string of the molecule is CCCC1OC(=O)C1[Si](C)(C)C. The number of esters is 1. The van der Waals surface area contributed by atoms with E-state index in [4.69, 9.17) is 4.74 Å². The molecule has 0 spiro atoms. The molecular formula is C9H18O2Si. The van der Waals surface area contributed by atoms with Gasteiger partial charge in [0.15, 0.2) is 0 Å². The maximum absolute atomic E-state index is 11.2. The quantitative estimate of drug-likeness (QED) is 0.500. The molecule has 0 N–H and O–H groups in total. The van der Waals surface area contributed by atoms with E-state index in [9.17, 15) is 4.79 Å². The van der Waals surface area contributed by atoms with Gasteiger partial charge in [0.2, 0.25) is 0 Å². The van der Waals surface area contributed by atoms with Gasteiger partial charge < -0.3 is 4.74 Å². The van der Waals surface area contributed by atoms with Crippen LogP contribution in [-0.2, 0) is 9.53 Å². The lowest BCUT2D eigenvalue weighted by Crippen LogP contribution is -2.52. The molecule has 12 heavy (non-hydrogen) atoms. The second-order valence-electron chi connectivity index (χ2n) is 4.61. The van der Waals surface area contributed by atoms with Crippen molar-refractivity contribution >= 4 is 14.0 Å². The first-order chi connectivity index (χ1) is 5.46. The highest BCUT2D eigenvalue weighted by atomic mass is 28.3. The van der Waals surface area contributed by atoms with E-state index in [1.807, 2.05) is 0 Å². The minimum absolute atomic E-state index is 0.0487. The summed E-state index contributed by atoms with van der Waals surface area (Å²) in [6.45, 7) is 8.84. The van der Waals surface area contributed by atoms with Crippen molar-refractivity contribution in [3.63, 3.8) is 0 Å². The van der Waals surface area contributed by atoms with Crippen molar-refractivity contribution in [3.05, 3.63) is 0 Å². The number of hydrogen-bond donors (Lipinski definition) is 0. The van der Waals surface area contributed by atoms with Gasteiger partial charge in [0, 0.05) is 0 Å². The molecule has 2 unspecified atom stereocenters. The normalized spacial score (nSPS) is 29.5. The topological polar surface area (TPSA) is 26.3 Å². The highest BCUT2D eigenvalue weighted by Gasteiger charge is 2.49. The smallest absolute Gasteiger partial charge is 0.310 e. The lowest BCUT2D eigenvalue weighted by atomic mass is 10.1. The summed E-state index contributed by atoms with van der Waals surface area (Å²) in [6.07, 6.45) is 2.40. The van der Waals surface area contributed by atoms with Crippen LogP contribution in [0.5, 0.6) is 0 Å². The van der Waals surface area contributed by atoms with Crippen LogP contribution in [0.15, 0.2) is 0 Å². The molecule has 3 heteroatoms. The number of carbonyl (C=O) groups excluding carboxylic acids is 1. The average molecular weight is 186 g/mol. The molecule has 1 heterocycles. The predicted octanol–water partition coefficient (Wildman–Crippen LogP) is 2.42. The zero-order valence-corrected chi connectivity index (χ0v) is 9.39. The third-order valence-electron chi connectivity index (χ3n) is 2.40. The van der Waals surface area contributed by atoms with Crippen molar-refractivity contribution in [2.75, 3.05) is 0 Å². The number of ether oxygens (including phenoxy) is 1. The van der Waals surface area contributed by atoms with Crippen molar-refractivity contribution < 1.29 is 9.53 Å². The largest absolute Gasteiger partial charge is 0.462 e. The Morgan fingerprint density at radius 3 is 2.33 bits per heavy atom. The Morgan fingerprint density at radius 2 is 2.00 bits per heavy atom. The molecule has 2 atom stereocenters. The predicted molar refractivity (Wildman–Crippen MR) is 51.9 cm³/mol. The zero-order chi connectivity index (χ0) is 9.35. The molecule has 0 bridgehead atoms. The molecule has 1 aliphatic heterocycles. The van der Waals surface area contributed by atoms with Gasteiger partial charge in [-0.25, -0.2) is 0 Å². The highest BCUT2D eigenvalue weighted by molar-refractivity contribution is 6.81. The van der Waals surface area contributed by atoms with Gasteiger partial charge in [0.25, 0.3) is 0 Å². The number of cyclic esters (lactones) is 1. The van der Waals surface area contributed by atoms with Crippen LogP contribution in [-0.4, -0.2) is 20.1 Å². The maximum atomic E-state index is 11.2. The van der Waals surface area contributed by atoms with Gasteiger partial charge in [-0.2, -0.15) is 0 Å². The minimum atomic E-state index is -1.31. The van der Waals surface area contributed by atoms with Gasteiger partial charge in [0.1, 0.15) is 6.10 Å². The van der Waals surface area contributed by atoms with Crippen LogP contribution in [0, 0.1) is 0 Å². The molecule has 0 aromatic carbocycles. The van der Waals surface area contributed by atoms with Crippen LogP contribution in [0.25, 0.3) is 0 Å². The van der Waals surface area contributed by atoms with Gasteiger partial charge >= 0.3 is 5.97 Å². The Labute approximate surface area is 75.3 Å². The second kappa shape index (κ2) is 3.21. The van der Waals surface area contributed by atoms with Gasteiger partial charge in [-0.1, -0.05) is 33.0 Å². The first-order valence-electron chi connectivity index (χ1n) is 4.67. The number of hydrogen-bond acceptors (Lipinski definition) is 2. The van der Waals surface area contributed by atoms with E-state index in [1.54, 1.807) is 0 Å². The number of rotatable bonds is 3. The Kier molecular flexibility index (Phi) is 2.61. The van der Waals surface area contributed by atoms with E-state index in [0.29, 0.717) is 0 Å². The molecular weight excluding hydrogens is 168 g/mol. The third kappa shape index (κ3) is 1.71. The molecule has 1 saturated heterocycles. The average Bonchev–Trinajstić information content (AvgIpc) is 1.82. The summed E-state index contributed by atoms with van der Waals surface area (Å²) in [7, 11) is -1.31.